The Hall–Kier alpha value is 1.52. The van der Waals surface area contributed by atoms with Crippen molar-refractivity contribution in [3.63, 3.8) is 0 Å². The predicted octanol–water partition coefficient (Wildman–Crippen LogP) is 1.04. The van der Waals surface area contributed by atoms with Crippen LogP contribution in [0.1, 0.15) is 40.5 Å². The second-order valence-electron chi connectivity index (χ2n) is 8.53. The molecule has 0 bridgehead atoms. The van der Waals surface area contributed by atoms with Crippen molar-refractivity contribution in [2.75, 3.05) is 0 Å². The van der Waals surface area contributed by atoms with Gasteiger partial charge in [0.2, 0.25) is 0 Å². The Morgan fingerprint density at radius 1 is 0.844 bits per heavy atom. The van der Waals surface area contributed by atoms with Gasteiger partial charge in [-0.25, -0.2) is 0 Å². The van der Waals surface area contributed by atoms with Crippen molar-refractivity contribution < 1.29 is 137 Å². The zero-order valence-electron chi connectivity index (χ0n) is 18.4. The van der Waals surface area contributed by atoms with Crippen LogP contribution in [0.25, 0.3) is 10.6 Å². The minimum atomic E-state index is -1.41. The van der Waals surface area contributed by atoms with E-state index in [1.165, 1.54) is 0 Å². The maximum Gasteiger partial charge on any atom is 0.166 e. The summed E-state index contributed by atoms with van der Waals surface area (Å²) < 4.78 is 0. The van der Waals surface area contributed by atoms with Gasteiger partial charge < -0.3 is 30.4 Å². The summed E-state index contributed by atoms with van der Waals surface area (Å²) >= 11 is 0. The summed E-state index contributed by atoms with van der Waals surface area (Å²) in [4.78, 5) is 44.6. The summed E-state index contributed by atoms with van der Waals surface area (Å²) in [5.41, 5.74) is -1.27. The molecule has 8 atom stereocenters. The van der Waals surface area contributed by atoms with Gasteiger partial charge in [0, 0.05) is 119 Å². The van der Waals surface area contributed by atoms with E-state index in [0.29, 0.717) is 6.42 Å². The Balaban J connectivity index is 0. The maximum absolute atomic E-state index is 11.5. The molecule has 0 aromatic carbocycles. The van der Waals surface area contributed by atoms with E-state index in [1.54, 1.807) is 26.0 Å². The van der Waals surface area contributed by atoms with E-state index < -0.39 is 17.7 Å². The Kier molecular flexibility index (Phi) is 14.7. The number of Topliss-reactive ketones (excluding diaryl/α,β-unsaturated/α-hetero) is 1. The maximum atomic E-state index is 11.5. The number of nitrogens with zero attached hydrogens (tertiary/aromatic N) is 2. The number of rotatable bonds is 0. The molecule has 8 nitrogen and oxygen atoms in total. The van der Waals surface area contributed by atoms with Crippen LogP contribution in [-0.4, -0.2) is 56.9 Å². The van der Waals surface area contributed by atoms with E-state index in [0.717, 1.165) is 0 Å². The van der Waals surface area contributed by atoms with Gasteiger partial charge in [-0.3, -0.25) is 9.59 Å². The number of hydrogen-bond donors (Lipinski definition) is 2. The van der Waals surface area contributed by atoms with Crippen molar-refractivity contribution in [2.45, 2.75) is 63.8 Å². The molecule has 2 unspecified atom stereocenters. The first-order valence-electron chi connectivity index (χ1n) is 9.59. The first-order chi connectivity index (χ1) is 12.9. The molecule has 2 saturated heterocycles. The number of hydrogen-bond acceptors (Lipinski definition) is 6. The minimum absolute atomic E-state index is 0. The molecule has 2 amide bonds. The monoisotopic (exact) mass is 936 g/mol. The summed E-state index contributed by atoms with van der Waals surface area (Å²) in [5, 5.41) is 27.2. The van der Waals surface area contributed by atoms with Crippen molar-refractivity contribution in [2.24, 2.45) is 23.7 Å². The third-order valence-electron chi connectivity index (χ3n) is 7.15. The quantitative estimate of drug-likeness (QED) is 0.349. The molecule has 32 heavy (non-hydrogen) atoms. The molecule has 3 fully saturated rings. The molecule has 2 N–H and O–H groups in total. The van der Waals surface area contributed by atoms with Gasteiger partial charge in [0.05, 0.1) is 17.9 Å². The number of ketones is 2. The fraction of sp³-hybridized carbons (Fsp3) is 0.700. The summed E-state index contributed by atoms with van der Waals surface area (Å²) in [7, 11) is 0. The average molecular weight is 936 g/mol. The number of carbonyl (C=O) groups excluding carboxylic acids is 4. The average Bonchev–Trinajstić information content (AvgIpc) is 2.61. The topological polar surface area (TPSA) is 137 Å². The van der Waals surface area contributed by atoms with Gasteiger partial charge in [-0.15, -0.1) is 0 Å². The number of carbonyl (C=O) groups is 4. The van der Waals surface area contributed by atoms with Gasteiger partial charge in [-0.2, -0.15) is 0 Å². The molecule has 12 heteroatoms. The van der Waals surface area contributed by atoms with E-state index in [1.807, 2.05) is 13.8 Å². The van der Waals surface area contributed by atoms with Gasteiger partial charge in [0.25, 0.3) is 0 Å². The number of amides is 2. The van der Waals surface area contributed by atoms with Crippen LogP contribution in [0.4, 0.5) is 0 Å². The van der Waals surface area contributed by atoms with Gasteiger partial charge in [0.15, 0.2) is 11.6 Å². The van der Waals surface area contributed by atoms with Crippen LogP contribution in [-0.2, 0) is 127 Å². The number of β-lactam (4-membered cyclic amide) rings is 2. The molecular weight excluding hydrogens is 910 g/mol. The van der Waals surface area contributed by atoms with Crippen LogP contribution in [0.2, 0.25) is 0 Å². The van der Waals surface area contributed by atoms with Gasteiger partial charge in [0.1, 0.15) is 6.10 Å². The summed E-state index contributed by atoms with van der Waals surface area (Å²) in [5.74, 6) is -0.971. The SMILES string of the molecule is C[C@@H]1C(=O)C=CC2(CC(=O)[N-]2)[C@@H]1C.C[C@@H]1C(=O)[C@@H](O)[C@@H](O)C2(CC(=O)[N-]2)[C@@H]1C.[W].[W].[Y].[Y]. The van der Waals surface area contributed by atoms with Crippen molar-refractivity contribution in [1.29, 1.82) is 0 Å². The molecular formula is C20H26N2O6W2Y2-2. The molecule has 2 spiro atoms. The van der Waals surface area contributed by atoms with E-state index in [4.69, 9.17) is 0 Å². The largest absolute Gasteiger partial charge is 0.645 e. The van der Waals surface area contributed by atoms with Crippen molar-refractivity contribution in [3.8, 4) is 0 Å². The molecule has 0 aromatic rings. The third-order valence-corrected chi connectivity index (χ3v) is 7.15. The standard InChI is InChI=1S/C10H15NO4.C10H13NO2.2W.2Y/c1-4-5(2)10(3-6(12)11-10)9(15)8(14)7(4)13;1-6-7(2)10(4-3-8(6)12)5-9(13)11-10;;;;/h4-5,8-9,14-15H,3H2,1-2H3,(H,11,12);3-4,6-7H,5H2,1-2H3,(H,11,13);;;;/p-2/t4-,5+,8+,9+,10?;6-,7+,10?;;;;/m00..../s1. The third kappa shape index (κ3) is 6.08. The fourth-order valence-corrected chi connectivity index (χ4v) is 4.57. The van der Waals surface area contributed by atoms with E-state index >= 15 is 0 Å². The second kappa shape index (κ2) is 13.2. The first kappa shape index (κ1) is 35.7. The van der Waals surface area contributed by atoms with Crippen molar-refractivity contribution in [1.82, 2.24) is 0 Å². The van der Waals surface area contributed by atoms with Crippen LogP contribution >= 0.6 is 0 Å². The molecule has 1 saturated carbocycles. The normalized spacial score (nSPS) is 41.1. The number of aliphatic hydroxyl groups is 2. The Bertz CT molecular complexity index is 745. The molecule has 4 rings (SSSR count). The molecule has 2 aliphatic carbocycles. The molecule has 4 aliphatic rings. The summed E-state index contributed by atoms with van der Waals surface area (Å²) in [6, 6.07) is 0. The summed E-state index contributed by atoms with van der Waals surface area (Å²) in [6.07, 6.45) is 1.32. The van der Waals surface area contributed by atoms with Crippen LogP contribution < -0.4 is 0 Å². The van der Waals surface area contributed by atoms with Crippen LogP contribution in [0, 0.1) is 23.7 Å². The molecule has 2 radical (unpaired) electrons. The summed E-state index contributed by atoms with van der Waals surface area (Å²) in [6.45, 7) is 7.37. The molecule has 172 valence electrons. The van der Waals surface area contributed by atoms with Crippen LogP contribution in [0.3, 0.4) is 0 Å². The van der Waals surface area contributed by atoms with E-state index in [-0.39, 0.29) is 167 Å². The van der Waals surface area contributed by atoms with E-state index in [2.05, 4.69) is 10.6 Å². The smallest absolute Gasteiger partial charge is 0.166 e. The molecule has 2 heterocycles. The van der Waals surface area contributed by atoms with Crippen molar-refractivity contribution >= 4 is 23.4 Å². The first-order valence-corrected chi connectivity index (χ1v) is 9.59. The number of aliphatic hydroxyl groups excluding tert-OH is 2. The molecule has 2 aliphatic heterocycles. The van der Waals surface area contributed by atoms with Crippen LogP contribution in [0.15, 0.2) is 12.2 Å². The van der Waals surface area contributed by atoms with Gasteiger partial charge in [-0.05, 0) is 30.8 Å². The van der Waals surface area contributed by atoms with Crippen molar-refractivity contribution in [3.05, 3.63) is 22.8 Å². The van der Waals surface area contributed by atoms with Crippen LogP contribution in [0.5, 0.6) is 0 Å². The molecule has 0 aromatic heterocycles. The fourth-order valence-electron chi connectivity index (χ4n) is 4.57. The Labute approximate surface area is 267 Å². The number of allylic oxidation sites excluding steroid dienone is 1. The predicted molar refractivity (Wildman–Crippen MR) is 99.3 cm³/mol. The zero-order chi connectivity index (χ0) is 21.0. The van der Waals surface area contributed by atoms with Gasteiger partial charge >= 0.3 is 0 Å². The zero-order valence-corrected chi connectivity index (χ0v) is 30.0. The minimum Gasteiger partial charge on any atom is -0.645 e. The Morgan fingerprint density at radius 2 is 1.31 bits per heavy atom. The van der Waals surface area contributed by atoms with Gasteiger partial charge in [-0.1, -0.05) is 44.8 Å². The van der Waals surface area contributed by atoms with E-state index in [9.17, 15) is 29.4 Å². The second-order valence-corrected chi connectivity index (χ2v) is 8.53. The Morgan fingerprint density at radius 3 is 1.75 bits per heavy atom.